The molecule has 0 aliphatic rings. The topological polar surface area (TPSA) is 104 Å². The predicted octanol–water partition coefficient (Wildman–Crippen LogP) is 6.06. The lowest BCUT2D eigenvalue weighted by Gasteiger charge is -2.23. The molecule has 7 heteroatoms. The highest BCUT2D eigenvalue weighted by Crippen LogP contribution is 2.35. The van der Waals surface area contributed by atoms with Gasteiger partial charge in [-0.05, 0) is 53.6 Å². The first-order chi connectivity index (χ1) is 18.0. The molecule has 0 aliphatic carbocycles. The molecule has 7 nitrogen and oxygen atoms in total. The Kier molecular flexibility index (Phi) is 6.78. The first kappa shape index (κ1) is 24.0. The number of hydrogen-bond donors (Lipinski definition) is 3. The van der Waals surface area contributed by atoms with Crippen molar-refractivity contribution in [3.05, 3.63) is 120 Å². The number of carbonyl (C=O) groups excluding carboxylic acids is 1. The number of fused-ring (bicyclic) bond motifs is 1. The number of aromatic amines is 1. The number of nitrogens with one attached hydrogen (secondary N) is 2. The van der Waals surface area contributed by atoms with Crippen LogP contribution in [0.3, 0.4) is 0 Å². The summed E-state index contributed by atoms with van der Waals surface area (Å²) >= 11 is 0. The second kappa shape index (κ2) is 10.5. The Hall–Kier alpha value is -4.75. The average molecular weight is 492 g/mol. The number of rotatable bonds is 8. The summed E-state index contributed by atoms with van der Waals surface area (Å²) in [5, 5.41) is 21.6. The van der Waals surface area contributed by atoms with Crippen molar-refractivity contribution in [1.29, 1.82) is 0 Å². The van der Waals surface area contributed by atoms with E-state index in [9.17, 15) is 9.59 Å². The van der Waals surface area contributed by atoms with Gasteiger partial charge in [0.25, 0.3) is 5.91 Å². The van der Waals surface area contributed by atoms with Gasteiger partial charge in [-0.1, -0.05) is 66.7 Å². The number of anilines is 1. The Morgan fingerprint density at radius 1 is 0.892 bits per heavy atom. The molecule has 0 aliphatic heterocycles. The van der Waals surface area contributed by atoms with Gasteiger partial charge < -0.3 is 15.2 Å². The van der Waals surface area contributed by atoms with Crippen molar-refractivity contribution in [2.75, 3.05) is 5.32 Å². The summed E-state index contributed by atoms with van der Waals surface area (Å²) in [5.41, 5.74) is 4.02. The summed E-state index contributed by atoms with van der Waals surface area (Å²) in [6, 6.07) is 30.0. The normalized spacial score (nSPS) is 12.7. The maximum Gasteiger partial charge on any atom is 0.335 e. The van der Waals surface area contributed by atoms with Crippen LogP contribution in [0.2, 0.25) is 0 Å². The van der Waals surface area contributed by atoms with Crippen LogP contribution in [0.15, 0.2) is 103 Å². The molecule has 0 radical (unpaired) electrons. The molecule has 1 amide bonds. The lowest BCUT2D eigenvalue weighted by atomic mass is 9.97. The van der Waals surface area contributed by atoms with Crippen molar-refractivity contribution in [3.63, 3.8) is 0 Å². The van der Waals surface area contributed by atoms with Crippen LogP contribution in [-0.4, -0.2) is 33.3 Å². The summed E-state index contributed by atoms with van der Waals surface area (Å²) in [5.74, 6) is -1.37. The summed E-state index contributed by atoms with van der Waals surface area (Å²) in [4.78, 5) is 24.1. The first-order valence-electron chi connectivity index (χ1n) is 11.9. The van der Waals surface area contributed by atoms with E-state index < -0.39 is 18.2 Å². The zero-order chi connectivity index (χ0) is 25.8. The number of hydrogen-bond acceptors (Lipinski definition) is 4. The van der Waals surface area contributed by atoms with Gasteiger partial charge >= 0.3 is 5.97 Å². The van der Waals surface area contributed by atoms with E-state index >= 15 is 0 Å². The molecule has 5 rings (SSSR count). The molecule has 1 heterocycles. The number of carboxylic acid groups (broad SMARTS) is 1. The lowest BCUT2D eigenvalue weighted by molar-refractivity contribution is -0.128. The summed E-state index contributed by atoms with van der Waals surface area (Å²) in [7, 11) is 0. The highest BCUT2D eigenvalue weighted by Gasteiger charge is 2.26. The van der Waals surface area contributed by atoms with Crippen molar-refractivity contribution in [1.82, 2.24) is 10.2 Å². The third-order valence-corrected chi connectivity index (χ3v) is 6.19. The van der Waals surface area contributed by atoms with E-state index in [0.717, 1.165) is 33.2 Å². The van der Waals surface area contributed by atoms with E-state index in [2.05, 4.69) is 39.8 Å². The monoisotopic (exact) mass is 491 g/mol. The minimum absolute atomic E-state index is 0.146. The Morgan fingerprint density at radius 2 is 1.59 bits per heavy atom. The highest BCUT2D eigenvalue weighted by molar-refractivity contribution is 5.95. The molecule has 0 bridgehead atoms. The molecule has 0 saturated carbocycles. The lowest BCUT2D eigenvalue weighted by Crippen LogP contribution is -2.29. The minimum Gasteiger partial charge on any atom is -0.478 e. The van der Waals surface area contributed by atoms with Crippen LogP contribution in [0.5, 0.6) is 0 Å². The van der Waals surface area contributed by atoms with Crippen LogP contribution in [-0.2, 0) is 9.53 Å². The first-order valence-corrected chi connectivity index (χ1v) is 11.9. The predicted molar refractivity (Wildman–Crippen MR) is 142 cm³/mol. The second-order valence-corrected chi connectivity index (χ2v) is 8.69. The molecule has 2 atom stereocenters. The number of amides is 1. The molecule has 5 aromatic rings. The summed E-state index contributed by atoms with van der Waals surface area (Å²) in [6.45, 7) is 1.69. The maximum absolute atomic E-state index is 13.0. The van der Waals surface area contributed by atoms with E-state index in [1.165, 1.54) is 12.1 Å². The highest BCUT2D eigenvalue weighted by atomic mass is 16.5. The van der Waals surface area contributed by atoms with Crippen molar-refractivity contribution < 1.29 is 19.4 Å². The van der Waals surface area contributed by atoms with Crippen LogP contribution >= 0.6 is 0 Å². The number of aromatic nitrogens is 2. The number of aromatic carboxylic acids is 1. The Morgan fingerprint density at radius 3 is 2.32 bits per heavy atom. The van der Waals surface area contributed by atoms with E-state index in [1.54, 1.807) is 25.3 Å². The van der Waals surface area contributed by atoms with E-state index in [-0.39, 0.29) is 11.5 Å². The Bertz CT molecular complexity index is 1540. The fourth-order valence-corrected chi connectivity index (χ4v) is 4.23. The van der Waals surface area contributed by atoms with Gasteiger partial charge in [0.05, 0.1) is 11.3 Å². The molecule has 2 unspecified atom stereocenters. The minimum atomic E-state index is -1.03. The Labute approximate surface area is 213 Å². The molecule has 1 aromatic heterocycles. The molecule has 0 spiro atoms. The van der Waals surface area contributed by atoms with Crippen LogP contribution in [0.4, 0.5) is 5.69 Å². The van der Waals surface area contributed by atoms with Gasteiger partial charge in [0.2, 0.25) is 0 Å². The molecule has 3 N–H and O–H groups in total. The van der Waals surface area contributed by atoms with Crippen LogP contribution in [0, 0.1) is 0 Å². The van der Waals surface area contributed by atoms with Gasteiger partial charge in [0.15, 0.2) is 0 Å². The quantitative estimate of drug-likeness (QED) is 0.245. The van der Waals surface area contributed by atoms with Crippen molar-refractivity contribution in [2.24, 2.45) is 0 Å². The van der Waals surface area contributed by atoms with Gasteiger partial charge in [-0.3, -0.25) is 9.89 Å². The van der Waals surface area contributed by atoms with Gasteiger partial charge in [-0.15, -0.1) is 0 Å². The van der Waals surface area contributed by atoms with E-state index in [0.29, 0.717) is 5.69 Å². The summed E-state index contributed by atoms with van der Waals surface area (Å²) < 4.78 is 6.36. The zero-order valence-corrected chi connectivity index (χ0v) is 20.1. The van der Waals surface area contributed by atoms with Crippen LogP contribution < -0.4 is 5.32 Å². The SMILES string of the molecule is CC(OC(c1ccccc1)c1c[nH]nc1-c1ccc2ccccc2c1)C(=O)Nc1ccc(C(=O)O)cc1. The average Bonchev–Trinajstić information content (AvgIpc) is 3.41. The number of carboxylic acids is 1. The second-order valence-electron chi connectivity index (χ2n) is 8.69. The van der Waals surface area contributed by atoms with E-state index in [4.69, 9.17) is 9.84 Å². The number of ether oxygens (including phenoxy) is 1. The fourth-order valence-electron chi connectivity index (χ4n) is 4.23. The molecular formula is C30H25N3O4. The van der Waals surface area contributed by atoms with Gasteiger partial charge in [-0.25, -0.2) is 4.79 Å². The third kappa shape index (κ3) is 5.27. The van der Waals surface area contributed by atoms with Crippen molar-refractivity contribution in [3.8, 4) is 11.3 Å². The fraction of sp³-hybridized carbons (Fsp3) is 0.100. The standard InChI is InChI=1S/C30H25N3O4/c1-19(29(34)32-25-15-13-22(14-16-25)30(35)36)37-28(21-8-3-2-4-9-21)26-18-31-33-27(26)24-12-11-20-7-5-6-10-23(20)17-24/h2-19,28H,1H3,(H,31,33)(H,32,34)(H,35,36). The number of nitrogens with zero attached hydrogens (tertiary/aromatic N) is 1. The molecule has 4 aromatic carbocycles. The van der Waals surface area contributed by atoms with Crippen molar-refractivity contribution in [2.45, 2.75) is 19.1 Å². The molecule has 184 valence electrons. The smallest absolute Gasteiger partial charge is 0.335 e. The van der Waals surface area contributed by atoms with Crippen LogP contribution in [0.1, 0.15) is 34.5 Å². The van der Waals surface area contributed by atoms with Gasteiger partial charge in [0.1, 0.15) is 12.2 Å². The number of H-pyrrole nitrogens is 1. The molecule has 37 heavy (non-hydrogen) atoms. The van der Waals surface area contributed by atoms with Gasteiger partial charge in [0, 0.05) is 23.0 Å². The van der Waals surface area contributed by atoms with Gasteiger partial charge in [-0.2, -0.15) is 5.10 Å². The Balaban J connectivity index is 1.43. The molecule has 0 fully saturated rings. The van der Waals surface area contributed by atoms with Crippen LogP contribution in [0.25, 0.3) is 22.0 Å². The van der Waals surface area contributed by atoms with Crippen molar-refractivity contribution >= 4 is 28.3 Å². The maximum atomic E-state index is 13.0. The number of benzene rings is 4. The largest absolute Gasteiger partial charge is 0.478 e. The third-order valence-electron chi connectivity index (χ3n) is 6.19. The van der Waals surface area contributed by atoms with E-state index in [1.807, 2.05) is 48.5 Å². The zero-order valence-electron chi connectivity index (χ0n) is 20.1. The number of carbonyl (C=O) groups is 2. The molecule has 0 saturated heterocycles. The molecular weight excluding hydrogens is 466 g/mol. The summed E-state index contributed by atoms with van der Waals surface area (Å²) in [6.07, 6.45) is 0.428.